The Hall–Kier alpha value is -0.890. The second-order valence-electron chi connectivity index (χ2n) is 9.08. The van der Waals surface area contributed by atoms with Crippen molar-refractivity contribution in [2.75, 3.05) is 19.8 Å². The third kappa shape index (κ3) is 6.22. The molecule has 10 nitrogen and oxygen atoms in total. The van der Waals surface area contributed by atoms with Crippen molar-refractivity contribution in [1.29, 1.82) is 0 Å². The number of aromatic nitrogens is 3. The fraction of sp³-hybridized carbons (Fsp3) is 0.857. The van der Waals surface area contributed by atoms with Crippen LogP contribution in [-0.4, -0.2) is 108 Å². The van der Waals surface area contributed by atoms with Gasteiger partial charge in [-0.1, -0.05) is 32.0 Å². The van der Waals surface area contributed by atoms with Crippen molar-refractivity contribution in [1.82, 2.24) is 25.4 Å². The summed E-state index contributed by atoms with van der Waals surface area (Å²) in [7, 11) is 1.96. The summed E-state index contributed by atoms with van der Waals surface area (Å²) in [5.74, 6) is 1.03. The van der Waals surface area contributed by atoms with E-state index in [-0.39, 0.29) is 17.2 Å². The van der Waals surface area contributed by atoms with Crippen LogP contribution in [0.2, 0.25) is 0 Å². The van der Waals surface area contributed by atoms with E-state index in [1.807, 2.05) is 14.0 Å². The molecule has 3 rings (SSSR count). The lowest BCUT2D eigenvalue weighted by atomic mass is 9.92. The van der Waals surface area contributed by atoms with E-state index in [0.717, 1.165) is 25.8 Å². The minimum Gasteiger partial charge on any atom is -0.388 e. The number of aryl methyl sites for hydroxylation is 1. The molecule has 1 amide bonds. The zero-order valence-electron chi connectivity index (χ0n) is 19.8. The molecule has 2 aliphatic heterocycles. The van der Waals surface area contributed by atoms with E-state index in [2.05, 4.69) is 32.3 Å². The van der Waals surface area contributed by atoms with Crippen LogP contribution in [0.4, 0.5) is 0 Å². The molecule has 33 heavy (non-hydrogen) atoms. The number of nitrogens with zero attached hydrogens (tertiary/aromatic N) is 3. The van der Waals surface area contributed by atoms with Crippen molar-refractivity contribution in [3.05, 3.63) is 5.82 Å². The smallest absolute Gasteiger partial charge is 0.237 e. The Labute approximate surface area is 203 Å². The number of rotatable bonds is 9. The van der Waals surface area contributed by atoms with Gasteiger partial charge in [0.1, 0.15) is 35.7 Å². The summed E-state index contributed by atoms with van der Waals surface area (Å²) in [6, 6.07) is -0.911. The number of aliphatic hydroxyl groups is 3. The zero-order valence-corrected chi connectivity index (χ0v) is 21.5. The average molecular weight is 504 g/mol. The van der Waals surface area contributed by atoms with E-state index in [0.29, 0.717) is 16.9 Å². The zero-order chi connectivity index (χ0) is 24.3. The van der Waals surface area contributed by atoms with Gasteiger partial charge in [-0.25, -0.2) is 4.98 Å². The minimum atomic E-state index is -1.38. The average Bonchev–Trinajstić information content (AvgIpc) is 3.35. The maximum absolute atomic E-state index is 13.4. The third-order valence-corrected chi connectivity index (χ3v) is 8.42. The largest absolute Gasteiger partial charge is 0.388 e. The molecule has 3 heterocycles. The second-order valence-corrected chi connectivity index (χ2v) is 11.4. The van der Waals surface area contributed by atoms with Gasteiger partial charge >= 0.3 is 0 Å². The van der Waals surface area contributed by atoms with Gasteiger partial charge in [0, 0.05) is 11.8 Å². The molecule has 9 atom stereocenters. The first kappa shape index (κ1) is 26.7. The molecule has 1 aromatic heterocycles. The number of ether oxygens (including phenoxy) is 1. The van der Waals surface area contributed by atoms with Crippen molar-refractivity contribution in [2.24, 2.45) is 5.92 Å². The summed E-state index contributed by atoms with van der Waals surface area (Å²) in [5, 5.41) is 41.9. The van der Waals surface area contributed by atoms with Gasteiger partial charge in [0.2, 0.25) is 11.1 Å². The number of nitrogens with one attached hydrogen (secondary N) is 2. The maximum Gasteiger partial charge on any atom is 0.237 e. The predicted molar refractivity (Wildman–Crippen MR) is 128 cm³/mol. The Morgan fingerprint density at radius 2 is 2.06 bits per heavy atom. The Morgan fingerprint density at radius 1 is 1.33 bits per heavy atom. The number of likely N-dealkylation sites (N-methyl/N-ethyl adjacent to an activating group) is 1. The Kier molecular flexibility index (Phi) is 9.47. The number of carbonyl (C=O) groups excluding carboxylic acids is 1. The summed E-state index contributed by atoms with van der Waals surface area (Å²) >= 11 is 2.60. The van der Waals surface area contributed by atoms with Crippen molar-refractivity contribution < 1.29 is 24.9 Å². The quantitative estimate of drug-likeness (QED) is 0.300. The molecule has 0 aromatic carbocycles. The second kappa shape index (κ2) is 11.7. The van der Waals surface area contributed by atoms with Crippen LogP contribution in [0.25, 0.3) is 0 Å². The number of aromatic amines is 1. The van der Waals surface area contributed by atoms with E-state index in [1.165, 1.54) is 23.5 Å². The normalized spacial score (nSPS) is 34.8. The van der Waals surface area contributed by atoms with Gasteiger partial charge in [0.05, 0.1) is 12.1 Å². The van der Waals surface area contributed by atoms with Crippen LogP contribution in [0.15, 0.2) is 5.16 Å². The molecular formula is C21H37N5O5S2. The van der Waals surface area contributed by atoms with Gasteiger partial charge in [0.25, 0.3) is 0 Å². The lowest BCUT2D eigenvalue weighted by Crippen LogP contribution is -2.65. The highest BCUT2D eigenvalue weighted by atomic mass is 32.2. The molecule has 1 aromatic rings. The van der Waals surface area contributed by atoms with Crippen molar-refractivity contribution >= 4 is 29.4 Å². The molecule has 12 heteroatoms. The number of likely N-dealkylation sites (tertiary alicyclic amines) is 1. The van der Waals surface area contributed by atoms with Crippen LogP contribution in [-0.2, 0) is 9.53 Å². The van der Waals surface area contributed by atoms with E-state index in [4.69, 9.17) is 4.74 Å². The first-order chi connectivity index (χ1) is 15.7. The van der Waals surface area contributed by atoms with Crippen LogP contribution in [0, 0.1) is 12.8 Å². The van der Waals surface area contributed by atoms with Crippen molar-refractivity contribution in [3.63, 3.8) is 0 Å². The van der Waals surface area contributed by atoms with Crippen molar-refractivity contribution in [2.45, 2.75) is 92.4 Å². The van der Waals surface area contributed by atoms with Gasteiger partial charge in [-0.3, -0.25) is 14.8 Å². The van der Waals surface area contributed by atoms with E-state index < -0.39 is 35.9 Å². The highest BCUT2D eigenvalue weighted by Crippen LogP contribution is 2.33. The van der Waals surface area contributed by atoms with Crippen LogP contribution in [0.3, 0.4) is 0 Å². The molecular weight excluding hydrogens is 466 g/mol. The van der Waals surface area contributed by atoms with Crippen molar-refractivity contribution in [3.8, 4) is 0 Å². The monoisotopic (exact) mass is 503 g/mol. The number of H-pyrrole nitrogens is 1. The summed E-state index contributed by atoms with van der Waals surface area (Å²) in [5.41, 5.74) is -0.723. The molecule has 0 saturated carbocycles. The van der Waals surface area contributed by atoms with Crippen LogP contribution >= 0.6 is 23.5 Å². The number of amides is 1. The topological polar surface area (TPSA) is 144 Å². The van der Waals surface area contributed by atoms with Crippen LogP contribution in [0.1, 0.15) is 38.9 Å². The number of aliphatic hydroxyl groups excluding tert-OH is 3. The highest BCUT2D eigenvalue weighted by molar-refractivity contribution is 7.99. The summed E-state index contributed by atoms with van der Waals surface area (Å²) in [6.07, 6.45) is -0.170. The number of hydrogen-bond donors (Lipinski definition) is 5. The molecule has 5 N–H and O–H groups in total. The molecule has 0 bridgehead atoms. The minimum absolute atomic E-state index is 0.128. The first-order valence-electron chi connectivity index (χ1n) is 11.4. The molecule has 0 unspecified atom stereocenters. The number of thioether (sulfide) groups is 2. The molecule has 0 radical (unpaired) electrons. The van der Waals surface area contributed by atoms with Gasteiger partial charge in [0.15, 0.2) is 0 Å². The van der Waals surface area contributed by atoms with Crippen LogP contribution in [0.5, 0.6) is 0 Å². The van der Waals surface area contributed by atoms with E-state index in [9.17, 15) is 20.1 Å². The highest BCUT2D eigenvalue weighted by Gasteiger charge is 2.49. The van der Waals surface area contributed by atoms with Gasteiger partial charge < -0.3 is 25.4 Å². The number of hydrogen-bond acceptors (Lipinski definition) is 10. The fourth-order valence-electron chi connectivity index (χ4n) is 4.74. The lowest BCUT2D eigenvalue weighted by molar-refractivity contribution is -0.205. The molecule has 0 aliphatic carbocycles. The van der Waals surface area contributed by atoms with Crippen LogP contribution < -0.4 is 5.32 Å². The summed E-state index contributed by atoms with van der Waals surface area (Å²) in [6.45, 7) is 6.73. The number of carbonyl (C=O) groups is 1. The van der Waals surface area contributed by atoms with E-state index >= 15 is 0 Å². The van der Waals surface area contributed by atoms with Gasteiger partial charge in [-0.2, -0.15) is 0 Å². The van der Waals surface area contributed by atoms with Gasteiger partial charge in [-0.15, -0.1) is 16.9 Å². The summed E-state index contributed by atoms with van der Waals surface area (Å²) < 4.78 is 6.02. The molecule has 2 saturated heterocycles. The Morgan fingerprint density at radius 3 is 2.67 bits per heavy atom. The first-order valence-corrected chi connectivity index (χ1v) is 13.6. The predicted octanol–water partition coefficient (Wildman–Crippen LogP) is 0.370. The Balaban J connectivity index is 1.81. The van der Waals surface area contributed by atoms with E-state index in [1.54, 1.807) is 13.2 Å². The van der Waals surface area contributed by atoms with Gasteiger partial charge in [-0.05, 0) is 39.0 Å². The lowest BCUT2D eigenvalue weighted by Gasteiger charge is -2.44. The Bertz CT molecular complexity index is 784. The molecule has 188 valence electrons. The third-order valence-electron chi connectivity index (χ3n) is 6.51. The molecule has 2 fully saturated rings. The standard InChI is InChI=1S/C21H37N5O5S2/c1-6-7-12-8-13(26(4)9-12)19(30)23-14(10(2)33-21-22-11(3)24-25-21)18-16(28)15(27)17(29)20(31-18)32-5/h10,12-18,20,27-29H,6-9H2,1-5H3,(H,23,30)(H,22,24,25)/t10-,12-,13+,14-,15+,16-,17-,18-,20-/m1/s1. The maximum atomic E-state index is 13.4. The summed E-state index contributed by atoms with van der Waals surface area (Å²) in [4.78, 5) is 19.8. The molecule has 2 aliphatic rings. The molecule has 0 spiro atoms. The fourth-order valence-corrected chi connectivity index (χ4v) is 6.41. The SMILES string of the molecule is CCC[C@@H]1C[C@@H](C(=O)N[C@@H]([C@H]2O[C@H](SC)[C@H](O)[C@@H](O)[C@H]2O)[C@@H](C)Sc2n[nH]c(C)n2)N(C)C1.